The Morgan fingerprint density at radius 2 is 1.81 bits per heavy atom. The van der Waals surface area contributed by atoms with Crippen molar-refractivity contribution >= 4 is 17.7 Å². The molecule has 2 aliphatic heterocycles. The molecule has 2 fully saturated rings. The van der Waals surface area contributed by atoms with E-state index in [1.165, 1.54) is 18.4 Å². The summed E-state index contributed by atoms with van der Waals surface area (Å²) in [6.07, 6.45) is 4.42. The Balaban J connectivity index is 1.46. The molecule has 166 valence electrons. The van der Waals surface area contributed by atoms with Gasteiger partial charge in [-0.05, 0) is 49.1 Å². The van der Waals surface area contributed by atoms with Crippen molar-refractivity contribution in [1.29, 1.82) is 0 Å². The minimum Gasteiger partial charge on any atom is -0.493 e. The van der Waals surface area contributed by atoms with Gasteiger partial charge in [-0.2, -0.15) is 0 Å². The Morgan fingerprint density at radius 3 is 2.42 bits per heavy atom. The van der Waals surface area contributed by atoms with Crippen LogP contribution < -0.4 is 14.8 Å². The van der Waals surface area contributed by atoms with E-state index < -0.39 is 0 Å². The molecule has 1 amide bonds. The molecule has 2 unspecified atom stereocenters. The van der Waals surface area contributed by atoms with Crippen LogP contribution >= 0.6 is 11.8 Å². The molecule has 2 aromatic rings. The molecule has 1 N–H and O–H groups in total. The summed E-state index contributed by atoms with van der Waals surface area (Å²) in [5, 5.41) is 3.31. The molecule has 4 rings (SSSR count). The van der Waals surface area contributed by atoms with E-state index >= 15 is 0 Å². The number of methoxy groups -OCH3 is 2. The van der Waals surface area contributed by atoms with E-state index in [0.29, 0.717) is 29.1 Å². The Morgan fingerprint density at radius 1 is 1.10 bits per heavy atom. The number of amides is 1. The lowest BCUT2D eigenvalue weighted by Crippen LogP contribution is -2.50. The van der Waals surface area contributed by atoms with Gasteiger partial charge in [0.2, 0.25) is 0 Å². The third-order valence-corrected chi connectivity index (χ3v) is 7.29. The number of nitrogens with one attached hydrogen (secondary N) is 1. The SMILES string of the molecule is CCSc1cc(OC)c(OC)c(C(=O)NC2CC3CCC(C2)N3Cc2ccccc2)c1. The van der Waals surface area contributed by atoms with Gasteiger partial charge in [0.25, 0.3) is 5.91 Å². The van der Waals surface area contributed by atoms with Crippen molar-refractivity contribution in [2.45, 2.75) is 62.2 Å². The molecule has 2 heterocycles. The third kappa shape index (κ3) is 4.85. The van der Waals surface area contributed by atoms with E-state index in [0.717, 1.165) is 30.0 Å². The number of carbonyl (C=O) groups is 1. The second kappa shape index (κ2) is 9.96. The van der Waals surface area contributed by atoms with E-state index in [1.807, 2.05) is 12.1 Å². The van der Waals surface area contributed by atoms with Crippen LogP contribution in [-0.2, 0) is 6.54 Å². The summed E-state index contributed by atoms with van der Waals surface area (Å²) >= 11 is 1.69. The first-order chi connectivity index (χ1) is 15.1. The van der Waals surface area contributed by atoms with Gasteiger partial charge in [0.05, 0.1) is 19.8 Å². The first-order valence-corrected chi connectivity index (χ1v) is 12.1. The van der Waals surface area contributed by atoms with Gasteiger partial charge in [0.15, 0.2) is 11.5 Å². The summed E-state index contributed by atoms with van der Waals surface area (Å²) in [5.41, 5.74) is 1.92. The predicted octanol–water partition coefficient (Wildman–Crippen LogP) is 4.74. The molecule has 0 saturated carbocycles. The smallest absolute Gasteiger partial charge is 0.255 e. The van der Waals surface area contributed by atoms with Gasteiger partial charge < -0.3 is 14.8 Å². The van der Waals surface area contributed by atoms with Crippen molar-refractivity contribution < 1.29 is 14.3 Å². The molecular weight excluding hydrogens is 408 g/mol. The van der Waals surface area contributed by atoms with E-state index in [2.05, 4.69) is 47.5 Å². The van der Waals surface area contributed by atoms with Crippen LogP contribution in [0.3, 0.4) is 0 Å². The monoisotopic (exact) mass is 440 g/mol. The average molecular weight is 441 g/mol. The predicted molar refractivity (Wildman–Crippen MR) is 125 cm³/mol. The summed E-state index contributed by atoms with van der Waals surface area (Å²) in [7, 11) is 3.20. The maximum atomic E-state index is 13.3. The Labute approximate surface area is 189 Å². The lowest BCUT2D eigenvalue weighted by atomic mass is 9.96. The fourth-order valence-corrected chi connectivity index (χ4v) is 5.79. The first-order valence-electron chi connectivity index (χ1n) is 11.1. The highest BCUT2D eigenvalue weighted by Gasteiger charge is 2.41. The van der Waals surface area contributed by atoms with Crippen LogP contribution in [0.5, 0.6) is 11.5 Å². The summed E-state index contributed by atoms with van der Waals surface area (Å²) in [6.45, 7) is 3.10. The number of rotatable bonds is 8. The van der Waals surface area contributed by atoms with E-state index in [9.17, 15) is 4.79 Å². The van der Waals surface area contributed by atoms with Crippen LogP contribution in [0, 0.1) is 0 Å². The number of ether oxygens (including phenoxy) is 2. The van der Waals surface area contributed by atoms with E-state index in [1.54, 1.807) is 26.0 Å². The summed E-state index contributed by atoms with van der Waals surface area (Å²) in [6, 6.07) is 15.8. The second-order valence-corrected chi connectivity index (χ2v) is 9.66. The number of carbonyl (C=O) groups excluding carboxylic acids is 1. The molecule has 0 aromatic heterocycles. The van der Waals surface area contributed by atoms with E-state index in [4.69, 9.17) is 9.47 Å². The van der Waals surface area contributed by atoms with Crippen molar-refractivity contribution in [3.05, 3.63) is 53.6 Å². The Bertz CT molecular complexity index is 891. The lowest BCUT2D eigenvalue weighted by molar-refractivity contribution is 0.0824. The fraction of sp³-hybridized carbons (Fsp3) is 0.480. The number of thioether (sulfide) groups is 1. The van der Waals surface area contributed by atoms with Crippen molar-refractivity contribution in [3.8, 4) is 11.5 Å². The van der Waals surface area contributed by atoms with Crippen molar-refractivity contribution in [1.82, 2.24) is 10.2 Å². The number of nitrogens with zero attached hydrogens (tertiary/aromatic N) is 1. The zero-order chi connectivity index (χ0) is 21.8. The highest BCUT2D eigenvalue weighted by molar-refractivity contribution is 7.99. The fourth-order valence-electron chi connectivity index (χ4n) is 5.07. The van der Waals surface area contributed by atoms with Crippen molar-refractivity contribution in [2.24, 2.45) is 0 Å². The zero-order valence-electron chi connectivity index (χ0n) is 18.6. The van der Waals surface area contributed by atoms with Gasteiger partial charge in [-0.3, -0.25) is 9.69 Å². The first kappa shape index (κ1) is 22.0. The molecule has 6 heteroatoms. The molecule has 0 radical (unpaired) electrons. The van der Waals surface area contributed by atoms with Gasteiger partial charge in [-0.1, -0.05) is 37.3 Å². The molecule has 2 bridgehead atoms. The molecule has 2 saturated heterocycles. The maximum absolute atomic E-state index is 13.3. The number of fused-ring (bicyclic) bond motifs is 2. The molecule has 31 heavy (non-hydrogen) atoms. The van der Waals surface area contributed by atoms with Gasteiger partial charge >= 0.3 is 0 Å². The molecule has 2 atom stereocenters. The van der Waals surface area contributed by atoms with Gasteiger partial charge in [-0.25, -0.2) is 0 Å². The lowest BCUT2D eigenvalue weighted by Gasteiger charge is -2.39. The van der Waals surface area contributed by atoms with Crippen LogP contribution in [0.1, 0.15) is 48.5 Å². The van der Waals surface area contributed by atoms with Crippen LogP contribution in [0.25, 0.3) is 0 Å². The van der Waals surface area contributed by atoms with Gasteiger partial charge in [0.1, 0.15) is 0 Å². The number of hydrogen-bond acceptors (Lipinski definition) is 5. The minimum absolute atomic E-state index is 0.0744. The summed E-state index contributed by atoms with van der Waals surface area (Å²) in [4.78, 5) is 16.9. The molecule has 2 aromatic carbocycles. The quantitative estimate of drug-likeness (QED) is 0.601. The van der Waals surface area contributed by atoms with Crippen molar-refractivity contribution in [3.63, 3.8) is 0 Å². The molecule has 2 aliphatic rings. The highest BCUT2D eigenvalue weighted by Crippen LogP contribution is 2.38. The number of benzene rings is 2. The topological polar surface area (TPSA) is 50.8 Å². The number of hydrogen-bond donors (Lipinski definition) is 1. The largest absolute Gasteiger partial charge is 0.493 e. The summed E-state index contributed by atoms with van der Waals surface area (Å²) in [5.74, 6) is 1.96. The number of piperidine rings is 1. The molecule has 0 spiro atoms. The Hall–Kier alpha value is -2.18. The van der Waals surface area contributed by atoms with Gasteiger partial charge in [-0.15, -0.1) is 11.8 Å². The maximum Gasteiger partial charge on any atom is 0.255 e. The van der Waals surface area contributed by atoms with Gasteiger partial charge in [0, 0.05) is 29.6 Å². The second-order valence-electron chi connectivity index (χ2n) is 8.32. The molecule has 5 nitrogen and oxygen atoms in total. The van der Waals surface area contributed by atoms with Crippen molar-refractivity contribution in [2.75, 3.05) is 20.0 Å². The Kier molecular flexibility index (Phi) is 7.08. The summed E-state index contributed by atoms with van der Waals surface area (Å²) < 4.78 is 11.0. The zero-order valence-corrected chi connectivity index (χ0v) is 19.4. The minimum atomic E-state index is -0.0744. The van der Waals surface area contributed by atoms with Crippen LogP contribution in [0.4, 0.5) is 0 Å². The third-order valence-electron chi connectivity index (χ3n) is 6.44. The van der Waals surface area contributed by atoms with Crippen LogP contribution in [0.2, 0.25) is 0 Å². The van der Waals surface area contributed by atoms with Crippen LogP contribution in [-0.4, -0.2) is 48.9 Å². The molecular formula is C25H32N2O3S. The normalized spacial score (nSPS) is 22.9. The average Bonchev–Trinajstić information content (AvgIpc) is 3.01. The highest BCUT2D eigenvalue weighted by atomic mass is 32.2. The standard InChI is InChI=1S/C25H32N2O3S/c1-4-31-21-14-22(24(30-3)23(15-21)29-2)25(28)26-18-12-19-10-11-20(13-18)27(19)16-17-8-6-5-7-9-17/h5-9,14-15,18-20H,4,10-13,16H2,1-3H3,(H,26,28). The molecule has 0 aliphatic carbocycles. The van der Waals surface area contributed by atoms with Crippen LogP contribution in [0.15, 0.2) is 47.4 Å². The van der Waals surface area contributed by atoms with E-state index in [-0.39, 0.29) is 11.9 Å².